The van der Waals surface area contributed by atoms with Crippen LogP contribution >= 0.6 is 0 Å². The maximum atomic E-state index is 11.4. The van der Waals surface area contributed by atoms with Gasteiger partial charge in [0.1, 0.15) is 39.4 Å². The van der Waals surface area contributed by atoms with Crippen molar-refractivity contribution in [2.45, 2.75) is 22.7 Å². The number of rotatable bonds is 14. The van der Waals surface area contributed by atoms with Gasteiger partial charge in [0, 0.05) is 0 Å². The number of hydrogen-bond acceptors (Lipinski definition) is 28. The van der Waals surface area contributed by atoms with Gasteiger partial charge in [0.25, 0.3) is 11.9 Å². The molecule has 4 aliphatic rings. The Balaban J connectivity index is 1.35. The topological polar surface area (TPSA) is 460 Å². The lowest BCUT2D eigenvalue weighted by atomic mass is 10.0. The van der Waals surface area contributed by atoms with Gasteiger partial charge in [0.05, 0.1) is 0 Å². The first-order chi connectivity index (χ1) is 25.2. The SMILES string of the molecule is O=[N+]([O-])C1([N+](=O)[O-])CN(c2nc(N=Nc3nc(N4CC([N+](=O)[O-])([N+](=O)[O-])C4)nc(N4CC([N+](=O)[O-])([N+](=O)[O-])C4)n3)nc(N3CC([N+](=O)[O-])([N+](=O)[O-])C3)n2)C1. The molecular weight excluding hydrogens is 752 g/mol. The van der Waals surface area contributed by atoms with Crippen LogP contribution in [0.15, 0.2) is 10.2 Å². The van der Waals surface area contributed by atoms with E-state index < -0.39 is 150 Å². The van der Waals surface area contributed by atoms with E-state index in [0.29, 0.717) is 0 Å². The Kier molecular flexibility index (Phi) is 7.82. The molecule has 2 aromatic heterocycles. The van der Waals surface area contributed by atoms with E-state index in [9.17, 15) is 80.9 Å². The molecule has 0 radical (unpaired) electrons. The van der Waals surface area contributed by atoms with Gasteiger partial charge in [-0.25, -0.2) is 0 Å². The highest BCUT2D eigenvalue weighted by Crippen LogP contribution is 2.36. The van der Waals surface area contributed by atoms with E-state index in [4.69, 9.17) is 0 Å². The summed E-state index contributed by atoms with van der Waals surface area (Å²) in [6.07, 6.45) is 0. The zero-order valence-electron chi connectivity index (χ0n) is 26.1. The molecule has 0 bridgehead atoms. The molecule has 36 nitrogen and oxygen atoms in total. The first-order valence-corrected chi connectivity index (χ1v) is 14.3. The number of hydrogen-bond donors (Lipinski definition) is 0. The zero-order valence-corrected chi connectivity index (χ0v) is 26.1. The Morgan fingerprint density at radius 3 is 0.667 bits per heavy atom. The van der Waals surface area contributed by atoms with Crippen molar-refractivity contribution in [3.8, 4) is 0 Å². The highest BCUT2D eigenvalue weighted by Gasteiger charge is 2.70. The van der Waals surface area contributed by atoms with Crippen LogP contribution in [-0.2, 0) is 0 Å². The molecule has 54 heavy (non-hydrogen) atoms. The van der Waals surface area contributed by atoms with Crippen LogP contribution in [0.25, 0.3) is 0 Å². The summed E-state index contributed by atoms with van der Waals surface area (Å²) in [5.74, 6) is -3.61. The molecule has 0 aliphatic carbocycles. The van der Waals surface area contributed by atoms with E-state index in [1.807, 2.05) is 0 Å². The number of nitro groups is 8. The van der Waals surface area contributed by atoms with Crippen molar-refractivity contribution in [1.29, 1.82) is 0 Å². The molecule has 6 rings (SSSR count). The van der Waals surface area contributed by atoms with Gasteiger partial charge >= 0.3 is 22.7 Å². The van der Waals surface area contributed by atoms with Gasteiger partial charge in [-0.1, -0.05) is 0 Å². The maximum absolute atomic E-state index is 11.4. The summed E-state index contributed by atoms with van der Waals surface area (Å²) in [6.45, 7) is -7.13. The molecule has 36 heteroatoms. The second-order valence-electron chi connectivity index (χ2n) is 12.1. The zero-order chi connectivity index (χ0) is 39.7. The van der Waals surface area contributed by atoms with Crippen molar-refractivity contribution in [3.05, 3.63) is 80.9 Å². The van der Waals surface area contributed by atoms with Crippen LogP contribution in [0.5, 0.6) is 0 Å². The third kappa shape index (κ3) is 5.21. The summed E-state index contributed by atoms with van der Waals surface area (Å²) in [5.41, 5.74) is -10.7. The Labute approximate surface area is 291 Å². The molecule has 6 heterocycles. The molecular formula is C18H16N20O16. The minimum absolute atomic E-state index is 0.530. The van der Waals surface area contributed by atoms with Gasteiger partial charge in [0.2, 0.25) is 23.8 Å². The molecule has 0 saturated carbocycles. The third-order valence-corrected chi connectivity index (χ3v) is 8.83. The summed E-state index contributed by atoms with van der Waals surface area (Å²) < 4.78 is 0. The van der Waals surface area contributed by atoms with Gasteiger partial charge in [0.15, 0.2) is 52.4 Å². The molecule has 0 unspecified atom stereocenters. The fourth-order valence-electron chi connectivity index (χ4n) is 5.45. The van der Waals surface area contributed by atoms with Crippen LogP contribution in [0.2, 0.25) is 0 Å². The van der Waals surface area contributed by atoms with Crippen LogP contribution in [0.1, 0.15) is 0 Å². The van der Waals surface area contributed by atoms with Crippen LogP contribution < -0.4 is 19.6 Å². The van der Waals surface area contributed by atoms with Crippen molar-refractivity contribution in [1.82, 2.24) is 29.9 Å². The van der Waals surface area contributed by atoms with E-state index in [1.165, 1.54) is 0 Å². The van der Waals surface area contributed by atoms with Crippen LogP contribution in [0, 0.1) is 80.9 Å². The van der Waals surface area contributed by atoms with Crippen molar-refractivity contribution < 1.29 is 39.4 Å². The minimum atomic E-state index is -2.67. The molecule has 4 saturated heterocycles. The van der Waals surface area contributed by atoms with Crippen LogP contribution in [-0.4, -0.2) is 144 Å². The largest absolute Gasteiger partial charge is 0.492 e. The van der Waals surface area contributed by atoms with Gasteiger partial charge in [-0.2, -0.15) is 29.9 Å². The summed E-state index contributed by atoms with van der Waals surface area (Å²) in [6, 6.07) is 0. The van der Waals surface area contributed by atoms with E-state index in [0.717, 1.165) is 19.6 Å². The predicted molar refractivity (Wildman–Crippen MR) is 160 cm³/mol. The highest BCUT2D eigenvalue weighted by molar-refractivity contribution is 5.49. The molecule has 0 aromatic carbocycles. The van der Waals surface area contributed by atoms with Gasteiger partial charge in [-0.05, 0) is 0 Å². The second kappa shape index (κ2) is 11.8. The lowest BCUT2D eigenvalue weighted by molar-refractivity contribution is -0.799. The summed E-state index contributed by atoms with van der Waals surface area (Å²) >= 11 is 0. The van der Waals surface area contributed by atoms with Gasteiger partial charge < -0.3 is 19.6 Å². The average molecular weight is 768 g/mol. The molecule has 4 fully saturated rings. The fourth-order valence-corrected chi connectivity index (χ4v) is 5.45. The Morgan fingerprint density at radius 1 is 0.352 bits per heavy atom. The summed E-state index contributed by atoms with van der Waals surface area (Å²) in [7, 11) is 0. The Morgan fingerprint density at radius 2 is 0.519 bits per heavy atom. The van der Waals surface area contributed by atoms with Gasteiger partial charge in [-0.15, -0.1) is 10.2 Å². The average Bonchev–Trinajstić information content (AvgIpc) is 2.96. The first-order valence-electron chi connectivity index (χ1n) is 14.3. The number of aromatic nitrogens is 6. The fraction of sp³-hybridized carbons (Fsp3) is 0.667. The van der Waals surface area contributed by atoms with E-state index in [2.05, 4.69) is 40.1 Å². The quantitative estimate of drug-likeness (QED) is 0.0788. The van der Waals surface area contributed by atoms with E-state index >= 15 is 0 Å². The third-order valence-electron chi connectivity index (χ3n) is 8.83. The second-order valence-corrected chi connectivity index (χ2v) is 12.1. The predicted octanol–water partition coefficient (Wildman–Crippen LogP) is -3.25. The standard InChI is InChI=1S/C18H16N20O16/c39-31(40)15(32(41)42)1-27(2-15)11-19-9(20-12(23-11)28-3-16(4-28,33(43)44)34(45)46)25-26-10-21-13(29-5-17(6-29,35(47)48)36(49)50)24-14(22-10)30-7-18(8-30,37(51)52)38(53)54/h1-8H2. The smallest absolute Gasteiger partial charge is 0.312 e. The van der Waals surface area contributed by atoms with Crippen molar-refractivity contribution >= 4 is 35.7 Å². The maximum Gasteiger partial charge on any atom is 0.492 e. The molecule has 2 aromatic rings. The molecule has 0 N–H and O–H groups in total. The highest BCUT2D eigenvalue weighted by atomic mass is 16.7. The molecule has 0 spiro atoms. The number of anilines is 4. The summed E-state index contributed by atoms with van der Waals surface area (Å²) in [5, 5.41) is 98.9. The molecule has 0 atom stereocenters. The van der Waals surface area contributed by atoms with E-state index in [1.54, 1.807) is 0 Å². The first kappa shape index (κ1) is 35.8. The Bertz CT molecular complexity index is 1750. The van der Waals surface area contributed by atoms with Crippen LogP contribution in [0.4, 0.5) is 35.7 Å². The minimum Gasteiger partial charge on any atom is -0.312 e. The normalized spacial score (nSPS) is 20.1. The van der Waals surface area contributed by atoms with Crippen molar-refractivity contribution in [2.24, 2.45) is 10.2 Å². The summed E-state index contributed by atoms with van der Waals surface area (Å²) in [4.78, 5) is 109. The van der Waals surface area contributed by atoms with Crippen molar-refractivity contribution in [3.63, 3.8) is 0 Å². The Hall–Kier alpha value is -7.98. The van der Waals surface area contributed by atoms with Gasteiger partial charge in [-0.3, -0.25) is 80.9 Å². The number of azo groups is 1. The lowest BCUT2D eigenvalue weighted by Gasteiger charge is -2.38. The van der Waals surface area contributed by atoms with Crippen molar-refractivity contribution in [2.75, 3.05) is 72.0 Å². The lowest BCUT2D eigenvalue weighted by Crippen LogP contribution is -2.71. The monoisotopic (exact) mass is 768 g/mol. The molecule has 0 amide bonds. The van der Waals surface area contributed by atoms with E-state index in [-0.39, 0.29) is 0 Å². The number of nitrogens with zero attached hydrogens (tertiary/aromatic N) is 20. The van der Waals surface area contributed by atoms with Crippen LogP contribution in [0.3, 0.4) is 0 Å². The molecule has 284 valence electrons. The molecule has 4 aliphatic heterocycles.